The van der Waals surface area contributed by atoms with Gasteiger partial charge in [0.2, 0.25) is 0 Å². The number of hydrogen-bond donors (Lipinski definition) is 0. The fraction of sp³-hybridized carbons (Fsp3) is 0.143. The predicted molar refractivity (Wildman–Crippen MR) is 91.3 cm³/mol. The van der Waals surface area contributed by atoms with Gasteiger partial charge in [0.1, 0.15) is 11.5 Å². The average Bonchev–Trinajstić information content (AvgIpc) is 3.03. The highest BCUT2D eigenvalue weighted by Gasteiger charge is 2.32. The van der Waals surface area contributed by atoms with Crippen molar-refractivity contribution in [2.75, 3.05) is 0 Å². The summed E-state index contributed by atoms with van der Waals surface area (Å²) < 4.78 is 5.99. The van der Waals surface area contributed by atoms with Gasteiger partial charge in [-0.25, -0.2) is 0 Å². The van der Waals surface area contributed by atoms with Gasteiger partial charge in [-0.05, 0) is 6.42 Å². The van der Waals surface area contributed by atoms with Crippen molar-refractivity contribution in [1.29, 1.82) is 0 Å². The van der Waals surface area contributed by atoms with Gasteiger partial charge in [-0.1, -0.05) is 60.7 Å². The maximum atomic E-state index is 13.1. The Kier molecular flexibility index (Phi) is 3.62. The number of Topliss-reactive ketones (excluding diaryl/α,β-unsaturated/α-hetero) is 1. The lowest BCUT2D eigenvalue weighted by atomic mass is 9.89. The number of ketones is 2. The minimum absolute atomic E-state index is 0.00135. The second kappa shape index (κ2) is 5.93. The van der Waals surface area contributed by atoms with Gasteiger partial charge in [-0.15, -0.1) is 0 Å². The van der Waals surface area contributed by atoms with Gasteiger partial charge >= 0.3 is 0 Å². The Bertz CT molecular complexity index is 905. The van der Waals surface area contributed by atoms with Crippen molar-refractivity contribution in [3.63, 3.8) is 0 Å². The zero-order chi connectivity index (χ0) is 16.5. The molecular formula is C21H16O3. The third-order valence-electron chi connectivity index (χ3n) is 4.37. The maximum absolute atomic E-state index is 13.1. The molecule has 0 saturated heterocycles. The molecule has 0 spiro atoms. The van der Waals surface area contributed by atoms with Crippen LogP contribution in [-0.2, 0) is 6.42 Å². The lowest BCUT2D eigenvalue weighted by Gasteiger charge is -2.09. The van der Waals surface area contributed by atoms with Gasteiger partial charge in [0.15, 0.2) is 11.6 Å². The van der Waals surface area contributed by atoms with Crippen LogP contribution in [0.2, 0.25) is 0 Å². The van der Waals surface area contributed by atoms with Gasteiger partial charge in [-0.2, -0.15) is 0 Å². The highest BCUT2D eigenvalue weighted by molar-refractivity contribution is 6.19. The third kappa shape index (κ3) is 2.38. The summed E-state index contributed by atoms with van der Waals surface area (Å²) in [5, 5.41) is 0. The molecule has 0 aliphatic heterocycles. The average molecular weight is 316 g/mol. The molecule has 0 atom stereocenters. The van der Waals surface area contributed by atoms with E-state index in [1.807, 2.05) is 48.5 Å². The second-order valence-electron chi connectivity index (χ2n) is 5.94. The molecule has 3 aromatic rings. The van der Waals surface area contributed by atoms with E-state index in [-0.39, 0.29) is 11.6 Å². The zero-order valence-corrected chi connectivity index (χ0v) is 13.1. The van der Waals surface area contributed by atoms with Crippen molar-refractivity contribution in [2.24, 2.45) is 0 Å². The second-order valence-corrected chi connectivity index (χ2v) is 5.94. The molecule has 1 aromatic heterocycles. The van der Waals surface area contributed by atoms with Crippen molar-refractivity contribution < 1.29 is 14.0 Å². The number of hydrogen-bond acceptors (Lipinski definition) is 3. The molecule has 0 fully saturated rings. The van der Waals surface area contributed by atoms with Gasteiger partial charge in [0.05, 0.1) is 11.1 Å². The minimum Gasteiger partial charge on any atom is -0.460 e. The number of benzene rings is 2. The first kappa shape index (κ1) is 14.6. The summed E-state index contributed by atoms with van der Waals surface area (Å²) in [6.45, 7) is 0. The Morgan fingerprint density at radius 1 is 0.875 bits per heavy atom. The number of carbonyl (C=O) groups excluding carboxylic acids is 2. The van der Waals surface area contributed by atoms with E-state index in [1.54, 1.807) is 12.1 Å². The van der Waals surface area contributed by atoms with E-state index in [9.17, 15) is 9.59 Å². The monoisotopic (exact) mass is 316 g/mol. The van der Waals surface area contributed by atoms with Crippen LogP contribution in [0.3, 0.4) is 0 Å². The number of fused-ring (bicyclic) bond motifs is 1. The van der Waals surface area contributed by atoms with Crippen LogP contribution < -0.4 is 0 Å². The van der Waals surface area contributed by atoms with Crippen LogP contribution in [0.1, 0.15) is 44.9 Å². The summed E-state index contributed by atoms with van der Waals surface area (Å²) in [5.41, 5.74) is 2.27. The molecule has 0 bridgehead atoms. The summed E-state index contributed by atoms with van der Waals surface area (Å²) in [7, 11) is 0. The topological polar surface area (TPSA) is 47.3 Å². The summed E-state index contributed by atoms with van der Waals surface area (Å²) >= 11 is 0. The number of furan rings is 1. The molecule has 24 heavy (non-hydrogen) atoms. The van der Waals surface area contributed by atoms with Crippen LogP contribution in [0.15, 0.2) is 65.1 Å². The van der Waals surface area contributed by atoms with Crippen molar-refractivity contribution in [3.05, 3.63) is 83.1 Å². The standard InChI is InChI=1S/C21H16O3/c22-16-12-7-13-17-18(16)19(20(23)14-8-3-1-4-9-14)21(24-17)15-10-5-2-6-11-15/h1-6,8-11H,7,12-13H2. The van der Waals surface area contributed by atoms with Crippen LogP contribution >= 0.6 is 0 Å². The van der Waals surface area contributed by atoms with E-state index >= 15 is 0 Å². The highest BCUT2D eigenvalue weighted by atomic mass is 16.3. The van der Waals surface area contributed by atoms with Crippen molar-refractivity contribution in [2.45, 2.75) is 19.3 Å². The number of rotatable bonds is 3. The van der Waals surface area contributed by atoms with E-state index in [2.05, 4.69) is 0 Å². The van der Waals surface area contributed by atoms with Gasteiger partial charge in [-0.3, -0.25) is 9.59 Å². The van der Waals surface area contributed by atoms with Crippen molar-refractivity contribution >= 4 is 11.6 Å². The van der Waals surface area contributed by atoms with E-state index in [4.69, 9.17) is 4.42 Å². The molecule has 1 aliphatic rings. The quantitative estimate of drug-likeness (QED) is 0.658. The molecule has 4 rings (SSSR count). The maximum Gasteiger partial charge on any atom is 0.197 e. The lowest BCUT2D eigenvalue weighted by Crippen LogP contribution is -2.14. The third-order valence-corrected chi connectivity index (χ3v) is 4.37. The van der Waals surface area contributed by atoms with Crippen LogP contribution in [0.25, 0.3) is 11.3 Å². The van der Waals surface area contributed by atoms with Gasteiger partial charge < -0.3 is 4.42 Å². The van der Waals surface area contributed by atoms with Gasteiger partial charge in [0.25, 0.3) is 0 Å². The first-order valence-electron chi connectivity index (χ1n) is 8.09. The normalized spacial score (nSPS) is 13.6. The summed E-state index contributed by atoms with van der Waals surface area (Å²) in [5.74, 6) is 0.991. The fourth-order valence-electron chi connectivity index (χ4n) is 3.23. The first-order chi connectivity index (χ1) is 11.8. The summed E-state index contributed by atoms with van der Waals surface area (Å²) in [4.78, 5) is 25.6. The van der Waals surface area contributed by atoms with Crippen LogP contribution in [0.4, 0.5) is 0 Å². The minimum atomic E-state index is -0.158. The van der Waals surface area contributed by atoms with E-state index in [0.717, 1.165) is 12.0 Å². The molecule has 0 radical (unpaired) electrons. The molecule has 0 N–H and O–H groups in total. The summed E-state index contributed by atoms with van der Waals surface area (Å²) in [6.07, 6.45) is 1.94. The molecule has 1 aliphatic carbocycles. The molecule has 0 saturated carbocycles. The molecule has 3 heteroatoms. The molecule has 118 valence electrons. The molecular weight excluding hydrogens is 300 g/mol. The van der Waals surface area contributed by atoms with Crippen LogP contribution in [0, 0.1) is 0 Å². The Balaban J connectivity index is 1.95. The molecule has 0 unspecified atom stereocenters. The zero-order valence-electron chi connectivity index (χ0n) is 13.1. The van der Waals surface area contributed by atoms with Crippen LogP contribution in [-0.4, -0.2) is 11.6 Å². The van der Waals surface area contributed by atoms with Gasteiger partial charge in [0, 0.05) is 24.0 Å². The summed E-state index contributed by atoms with van der Waals surface area (Å²) in [6, 6.07) is 18.6. The number of aryl methyl sites for hydroxylation is 1. The molecule has 2 aromatic carbocycles. The van der Waals surface area contributed by atoms with E-state index < -0.39 is 0 Å². The lowest BCUT2D eigenvalue weighted by molar-refractivity contribution is 0.0957. The molecule has 3 nitrogen and oxygen atoms in total. The van der Waals surface area contributed by atoms with E-state index in [0.29, 0.717) is 41.1 Å². The Morgan fingerprint density at radius 2 is 1.54 bits per heavy atom. The molecule has 0 amide bonds. The smallest absolute Gasteiger partial charge is 0.197 e. The Morgan fingerprint density at radius 3 is 2.25 bits per heavy atom. The largest absolute Gasteiger partial charge is 0.460 e. The Hall–Kier alpha value is -2.94. The molecule has 1 heterocycles. The predicted octanol–water partition coefficient (Wildman–Crippen LogP) is 4.70. The van der Waals surface area contributed by atoms with Crippen molar-refractivity contribution in [1.82, 2.24) is 0 Å². The SMILES string of the molecule is O=C1CCCc2oc(-c3ccccc3)c(C(=O)c3ccccc3)c21. The van der Waals surface area contributed by atoms with Crippen molar-refractivity contribution in [3.8, 4) is 11.3 Å². The number of carbonyl (C=O) groups is 2. The fourth-order valence-corrected chi connectivity index (χ4v) is 3.23. The van der Waals surface area contributed by atoms with E-state index in [1.165, 1.54) is 0 Å². The van der Waals surface area contributed by atoms with Crippen LogP contribution in [0.5, 0.6) is 0 Å². The Labute approximate surface area is 139 Å². The first-order valence-corrected chi connectivity index (χ1v) is 8.09. The highest BCUT2D eigenvalue weighted by Crippen LogP contribution is 2.37.